The van der Waals surface area contributed by atoms with Crippen molar-refractivity contribution in [1.29, 1.82) is 0 Å². The summed E-state index contributed by atoms with van der Waals surface area (Å²) < 4.78 is 27.5. The number of amides is 2. The maximum absolute atomic E-state index is 11.9. The Morgan fingerprint density at radius 1 is 1.25 bits per heavy atom. The predicted molar refractivity (Wildman–Crippen MR) is 96.7 cm³/mol. The number of carbonyl (C=O) groups excluding carboxylic acids is 1. The van der Waals surface area contributed by atoms with Crippen LogP contribution in [0.5, 0.6) is 5.75 Å². The molecule has 8 heteroatoms. The monoisotopic (exact) mass is 368 g/mol. The van der Waals surface area contributed by atoms with Gasteiger partial charge in [0.25, 0.3) is 0 Å². The molecule has 2 N–H and O–H groups in total. The molecular weight excluding hydrogens is 348 g/mol. The average molecular weight is 368 g/mol. The van der Waals surface area contributed by atoms with Crippen molar-refractivity contribution in [2.24, 2.45) is 0 Å². The molecule has 0 aliphatic heterocycles. The molecule has 0 aliphatic carbocycles. The zero-order chi connectivity index (χ0) is 17.4. The van der Waals surface area contributed by atoms with Crippen molar-refractivity contribution in [3.05, 3.63) is 46.7 Å². The fourth-order valence-electron chi connectivity index (χ4n) is 1.90. The first-order valence-corrected chi connectivity index (χ1v) is 10.3. The van der Waals surface area contributed by atoms with Gasteiger partial charge in [0.1, 0.15) is 12.4 Å². The summed E-state index contributed by atoms with van der Waals surface area (Å²) in [6.07, 6.45) is 1.95. The van der Waals surface area contributed by atoms with Crippen LogP contribution in [0.2, 0.25) is 0 Å². The van der Waals surface area contributed by atoms with E-state index in [0.29, 0.717) is 18.0 Å². The number of hydrogen-bond acceptors (Lipinski definition) is 5. The van der Waals surface area contributed by atoms with E-state index in [1.807, 2.05) is 17.5 Å². The number of carbonyl (C=O) groups is 1. The molecule has 0 atom stereocenters. The highest BCUT2D eigenvalue weighted by atomic mass is 32.2. The van der Waals surface area contributed by atoms with Gasteiger partial charge in [-0.3, -0.25) is 0 Å². The Balaban J connectivity index is 1.77. The van der Waals surface area contributed by atoms with Crippen LogP contribution < -0.4 is 15.4 Å². The number of benzene rings is 1. The van der Waals surface area contributed by atoms with E-state index in [0.717, 1.165) is 12.7 Å². The summed E-state index contributed by atoms with van der Waals surface area (Å²) in [6.45, 7) is 0.631. The van der Waals surface area contributed by atoms with E-state index >= 15 is 0 Å². The zero-order valence-electron chi connectivity index (χ0n) is 13.3. The maximum Gasteiger partial charge on any atom is 0.319 e. The highest BCUT2D eigenvalue weighted by molar-refractivity contribution is 7.90. The number of ether oxygens (including phenoxy) is 1. The number of urea groups is 1. The van der Waals surface area contributed by atoms with Crippen molar-refractivity contribution >= 4 is 32.9 Å². The van der Waals surface area contributed by atoms with E-state index in [2.05, 4.69) is 10.6 Å². The van der Waals surface area contributed by atoms with Gasteiger partial charge in [0, 0.05) is 29.4 Å². The van der Waals surface area contributed by atoms with Gasteiger partial charge in [-0.15, -0.1) is 11.3 Å². The van der Waals surface area contributed by atoms with Gasteiger partial charge >= 0.3 is 6.03 Å². The predicted octanol–water partition coefficient (Wildman–Crippen LogP) is 2.54. The van der Waals surface area contributed by atoms with Crippen LogP contribution in [0, 0.1) is 0 Å². The number of thiophene rings is 1. The van der Waals surface area contributed by atoms with Gasteiger partial charge in [-0.25, -0.2) is 13.2 Å². The van der Waals surface area contributed by atoms with Gasteiger partial charge < -0.3 is 15.4 Å². The summed E-state index contributed by atoms with van der Waals surface area (Å²) in [6, 6.07) is 10.6. The second-order valence-corrected chi connectivity index (χ2v) is 8.51. The standard InChI is InChI=1S/C16H20N2O4S2/c1-24(20,21)11-9-22-14-5-2-4-13(12-14)18-16(19)17-8-7-15-6-3-10-23-15/h2-6,10,12H,7-9,11H2,1H3,(H2,17,18,19). The Morgan fingerprint density at radius 3 is 2.79 bits per heavy atom. The third-order valence-electron chi connectivity index (χ3n) is 3.05. The smallest absolute Gasteiger partial charge is 0.319 e. The van der Waals surface area contributed by atoms with E-state index in [9.17, 15) is 13.2 Å². The van der Waals surface area contributed by atoms with Crippen LogP contribution in [0.25, 0.3) is 0 Å². The quantitative estimate of drug-likeness (QED) is 0.750. The number of rotatable bonds is 8. The number of sulfone groups is 1. The third-order valence-corrected chi connectivity index (χ3v) is 4.90. The number of hydrogen-bond donors (Lipinski definition) is 2. The lowest BCUT2D eigenvalue weighted by Crippen LogP contribution is -2.30. The zero-order valence-corrected chi connectivity index (χ0v) is 15.0. The summed E-state index contributed by atoms with van der Waals surface area (Å²) >= 11 is 1.66. The Morgan fingerprint density at radius 2 is 2.08 bits per heavy atom. The normalized spacial score (nSPS) is 11.0. The summed E-state index contributed by atoms with van der Waals surface area (Å²) in [5.41, 5.74) is 0.584. The highest BCUT2D eigenvalue weighted by Gasteiger charge is 2.05. The van der Waals surface area contributed by atoms with Gasteiger partial charge in [0.2, 0.25) is 0 Å². The van der Waals surface area contributed by atoms with Crippen LogP contribution >= 0.6 is 11.3 Å². The van der Waals surface area contributed by atoms with E-state index in [1.54, 1.807) is 35.6 Å². The molecule has 1 aromatic heterocycles. The largest absolute Gasteiger partial charge is 0.492 e. The molecule has 0 aliphatic rings. The van der Waals surface area contributed by atoms with Crippen LogP contribution in [0.4, 0.5) is 10.5 Å². The van der Waals surface area contributed by atoms with Crippen LogP contribution in [0.1, 0.15) is 4.88 Å². The molecule has 0 saturated heterocycles. The van der Waals surface area contributed by atoms with E-state index in [4.69, 9.17) is 4.74 Å². The minimum atomic E-state index is -3.06. The first kappa shape index (κ1) is 18.3. The van der Waals surface area contributed by atoms with Crippen LogP contribution in [0.15, 0.2) is 41.8 Å². The van der Waals surface area contributed by atoms with Crippen molar-refractivity contribution in [2.75, 3.05) is 30.5 Å². The molecule has 2 aromatic rings. The van der Waals surface area contributed by atoms with Gasteiger partial charge in [0.05, 0.1) is 5.75 Å². The Kier molecular flexibility index (Phi) is 6.62. The van der Waals surface area contributed by atoms with Crippen molar-refractivity contribution in [2.45, 2.75) is 6.42 Å². The fourth-order valence-corrected chi connectivity index (χ4v) is 3.00. The lowest BCUT2D eigenvalue weighted by Gasteiger charge is -2.10. The van der Waals surface area contributed by atoms with Crippen molar-refractivity contribution in [3.8, 4) is 5.75 Å². The van der Waals surface area contributed by atoms with Crippen molar-refractivity contribution in [1.82, 2.24) is 5.32 Å². The first-order chi connectivity index (χ1) is 11.4. The van der Waals surface area contributed by atoms with Crippen LogP contribution in [-0.2, 0) is 16.3 Å². The topological polar surface area (TPSA) is 84.5 Å². The molecule has 24 heavy (non-hydrogen) atoms. The molecule has 0 fully saturated rings. The van der Waals surface area contributed by atoms with Gasteiger partial charge in [-0.1, -0.05) is 12.1 Å². The first-order valence-electron chi connectivity index (χ1n) is 7.40. The molecule has 0 bridgehead atoms. The van der Waals surface area contributed by atoms with Crippen molar-refractivity contribution < 1.29 is 17.9 Å². The number of nitrogens with one attached hydrogen (secondary N) is 2. The number of anilines is 1. The molecule has 2 rings (SSSR count). The van der Waals surface area contributed by atoms with Gasteiger partial charge in [-0.05, 0) is 30.0 Å². The van der Waals surface area contributed by atoms with E-state index in [1.165, 1.54) is 4.88 Å². The molecule has 0 radical (unpaired) electrons. The average Bonchev–Trinajstić information content (AvgIpc) is 2.99. The molecule has 1 aromatic carbocycles. The second-order valence-electron chi connectivity index (χ2n) is 5.22. The highest BCUT2D eigenvalue weighted by Crippen LogP contribution is 2.17. The Labute approximate surface area is 145 Å². The Hall–Kier alpha value is -2.06. The third kappa shape index (κ3) is 7.01. The lowest BCUT2D eigenvalue weighted by molar-refractivity contribution is 0.252. The van der Waals surface area contributed by atoms with Crippen LogP contribution in [0.3, 0.4) is 0 Å². The molecule has 2 amide bonds. The molecule has 0 spiro atoms. The fraction of sp³-hybridized carbons (Fsp3) is 0.312. The second kappa shape index (κ2) is 8.70. The molecule has 1 heterocycles. The molecule has 6 nitrogen and oxygen atoms in total. The summed E-state index contributed by atoms with van der Waals surface area (Å²) in [7, 11) is -3.06. The minimum absolute atomic E-state index is 0.0478. The Bertz CT molecular complexity index is 758. The SMILES string of the molecule is CS(=O)(=O)CCOc1cccc(NC(=O)NCCc2cccs2)c1. The molecule has 0 saturated carbocycles. The van der Waals surface area contributed by atoms with Gasteiger partial charge in [-0.2, -0.15) is 0 Å². The van der Waals surface area contributed by atoms with Gasteiger partial charge in [0.15, 0.2) is 9.84 Å². The summed E-state index contributed by atoms with van der Waals surface area (Å²) in [4.78, 5) is 13.1. The molecule has 0 unspecified atom stereocenters. The minimum Gasteiger partial charge on any atom is -0.492 e. The molecule has 130 valence electrons. The van der Waals surface area contributed by atoms with Crippen LogP contribution in [-0.4, -0.2) is 39.6 Å². The molecular formula is C16H20N2O4S2. The summed E-state index contributed by atoms with van der Waals surface area (Å²) in [5, 5.41) is 7.52. The lowest BCUT2D eigenvalue weighted by atomic mass is 10.3. The van der Waals surface area contributed by atoms with E-state index < -0.39 is 9.84 Å². The van der Waals surface area contributed by atoms with E-state index in [-0.39, 0.29) is 18.4 Å². The van der Waals surface area contributed by atoms with Crippen molar-refractivity contribution in [3.63, 3.8) is 0 Å². The maximum atomic E-state index is 11.9. The summed E-state index contributed by atoms with van der Waals surface area (Å²) in [5.74, 6) is 0.462.